The first kappa shape index (κ1) is 18.6. The quantitative estimate of drug-likeness (QED) is 0.664. The van der Waals surface area contributed by atoms with Crippen LogP contribution >= 0.6 is 0 Å². The number of rotatable bonds is 8. The summed E-state index contributed by atoms with van der Waals surface area (Å²) in [6.45, 7) is 0.792. The predicted molar refractivity (Wildman–Crippen MR) is 105 cm³/mol. The number of methoxy groups -OCH3 is 3. The van der Waals surface area contributed by atoms with Crippen molar-refractivity contribution in [3.05, 3.63) is 54.2 Å². The number of hydrogen-bond acceptors (Lipinski definition) is 4. The molecule has 0 bridgehead atoms. The Hall–Kier alpha value is -3.15. The molecule has 0 unspecified atom stereocenters. The largest absolute Gasteiger partial charge is 0.495 e. The molecule has 6 nitrogen and oxygen atoms in total. The molecule has 1 N–H and O–H groups in total. The van der Waals surface area contributed by atoms with Crippen LogP contribution in [0.1, 0.15) is 5.56 Å². The molecule has 1 aromatic heterocycles. The maximum absolute atomic E-state index is 12.4. The van der Waals surface area contributed by atoms with Crippen molar-refractivity contribution in [1.82, 2.24) is 9.88 Å². The molecule has 0 fully saturated rings. The van der Waals surface area contributed by atoms with Crippen LogP contribution in [0.5, 0.6) is 17.2 Å². The first-order chi connectivity index (χ1) is 13.2. The highest BCUT2D eigenvalue weighted by Crippen LogP contribution is 2.28. The summed E-state index contributed by atoms with van der Waals surface area (Å²) >= 11 is 0. The van der Waals surface area contributed by atoms with Crippen LogP contribution in [0, 0.1) is 0 Å². The molecule has 0 radical (unpaired) electrons. The van der Waals surface area contributed by atoms with E-state index in [0.29, 0.717) is 24.5 Å². The normalized spacial score (nSPS) is 10.6. The number of fused-ring (bicyclic) bond motifs is 1. The Kier molecular flexibility index (Phi) is 5.86. The average Bonchev–Trinajstić information content (AvgIpc) is 3.10. The number of carbonyl (C=O) groups is 1. The fraction of sp³-hybridized carbons (Fsp3) is 0.286. The Morgan fingerprint density at radius 1 is 0.963 bits per heavy atom. The van der Waals surface area contributed by atoms with Gasteiger partial charge in [0.05, 0.1) is 26.8 Å². The molecule has 3 rings (SSSR count). The van der Waals surface area contributed by atoms with E-state index in [0.717, 1.165) is 22.2 Å². The summed E-state index contributed by atoms with van der Waals surface area (Å²) in [7, 11) is 4.85. The SMILES string of the molecule is COc1ccc(CCNC(=O)Cn2ccc3cccc(OC)c32)cc1OC. The van der Waals surface area contributed by atoms with Gasteiger partial charge >= 0.3 is 0 Å². The fourth-order valence-corrected chi connectivity index (χ4v) is 3.12. The van der Waals surface area contributed by atoms with Gasteiger partial charge in [-0.15, -0.1) is 0 Å². The van der Waals surface area contributed by atoms with Crippen molar-refractivity contribution in [2.24, 2.45) is 0 Å². The molecule has 27 heavy (non-hydrogen) atoms. The van der Waals surface area contributed by atoms with Gasteiger partial charge in [-0.25, -0.2) is 0 Å². The third kappa shape index (κ3) is 4.16. The topological polar surface area (TPSA) is 61.7 Å². The molecule has 0 spiro atoms. The third-order valence-corrected chi connectivity index (χ3v) is 4.47. The van der Waals surface area contributed by atoms with Gasteiger partial charge in [-0.2, -0.15) is 0 Å². The maximum atomic E-state index is 12.4. The standard InChI is InChI=1S/C21H24N2O4/c1-25-17-8-7-15(13-19(17)27-3)9-11-22-20(24)14-23-12-10-16-5-4-6-18(26-2)21(16)23/h4-8,10,12-13H,9,11,14H2,1-3H3,(H,22,24). The van der Waals surface area contributed by atoms with E-state index in [-0.39, 0.29) is 12.5 Å². The highest BCUT2D eigenvalue weighted by molar-refractivity contribution is 5.87. The predicted octanol–water partition coefficient (Wildman–Crippen LogP) is 3.03. The van der Waals surface area contributed by atoms with Crippen molar-refractivity contribution in [3.63, 3.8) is 0 Å². The minimum atomic E-state index is -0.0427. The summed E-state index contributed by atoms with van der Waals surface area (Å²) < 4.78 is 17.9. The van der Waals surface area contributed by atoms with E-state index in [2.05, 4.69) is 5.32 Å². The van der Waals surface area contributed by atoms with Crippen molar-refractivity contribution in [3.8, 4) is 17.2 Å². The van der Waals surface area contributed by atoms with Crippen molar-refractivity contribution >= 4 is 16.8 Å². The zero-order valence-electron chi connectivity index (χ0n) is 15.8. The van der Waals surface area contributed by atoms with E-state index in [1.54, 1.807) is 21.3 Å². The number of para-hydroxylation sites is 1. The van der Waals surface area contributed by atoms with E-state index < -0.39 is 0 Å². The smallest absolute Gasteiger partial charge is 0.239 e. The molecule has 0 aliphatic rings. The van der Waals surface area contributed by atoms with E-state index in [9.17, 15) is 4.79 Å². The molecular formula is C21H24N2O4. The van der Waals surface area contributed by atoms with Crippen LogP contribution in [0.4, 0.5) is 0 Å². The summed E-state index contributed by atoms with van der Waals surface area (Å²) in [5.74, 6) is 2.10. The minimum absolute atomic E-state index is 0.0427. The van der Waals surface area contributed by atoms with Gasteiger partial charge in [-0.3, -0.25) is 4.79 Å². The van der Waals surface area contributed by atoms with Crippen molar-refractivity contribution < 1.29 is 19.0 Å². The molecule has 2 aromatic carbocycles. The summed E-state index contributed by atoms with van der Waals surface area (Å²) in [6, 6.07) is 13.6. The van der Waals surface area contributed by atoms with Crippen LogP contribution in [-0.4, -0.2) is 38.3 Å². The number of nitrogens with zero attached hydrogens (tertiary/aromatic N) is 1. The van der Waals surface area contributed by atoms with E-state index in [4.69, 9.17) is 14.2 Å². The Balaban J connectivity index is 1.59. The summed E-state index contributed by atoms with van der Waals surface area (Å²) in [4.78, 5) is 12.4. The molecule has 0 saturated heterocycles. The molecule has 0 aliphatic carbocycles. The Labute approximate surface area is 158 Å². The molecule has 0 atom stereocenters. The average molecular weight is 368 g/mol. The Bertz CT molecular complexity index is 933. The van der Waals surface area contributed by atoms with Crippen molar-refractivity contribution in [2.45, 2.75) is 13.0 Å². The molecular weight excluding hydrogens is 344 g/mol. The number of hydrogen-bond donors (Lipinski definition) is 1. The summed E-state index contributed by atoms with van der Waals surface area (Å²) in [5, 5.41) is 4.01. The van der Waals surface area contributed by atoms with Crippen molar-refractivity contribution in [1.29, 1.82) is 0 Å². The molecule has 1 amide bonds. The fourth-order valence-electron chi connectivity index (χ4n) is 3.12. The van der Waals surface area contributed by atoms with Gasteiger partial charge in [-0.05, 0) is 36.2 Å². The van der Waals surface area contributed by atoms with E-state index in [1.807, 2.05) is 53.2 Å². The van der Waals surface area contributed by atoms with Crippen LogP contribution in [0.15, 0.2) is 48.7 Å². The van der Waals surface area contributed by atoms with Gasteiger partial charge in [0.1, 0.15) is 12.3 Å². The van der Waals surface area contributed by atoms with Crippen molar-refractivity contribution in [2.75, 3.05) is 27.9 Å². The lowest BCUT2D eigenvalue weighted by Gasteiger charge is -2.11. The molecule has 0 aliphatic heterocycles. The summed E-state index contributed by atoms with van der Waals surface area (Å²) in [6.07, 6.45) is 2.61. The van der Waals surface area contributed by atoms with Crippen LogP contribution in [0.2, 0.25) is 0 Å². The lowest BCUT2D eigenvalue weighted by molar-refractivity contribution is -0.121. The van der Waals surface area contributed by atoms with Gasteiger partial charge in [-0.1, -0.05) is 18.2 Å². The second kappa shape index (κ2) is 8.49. The molecule has 1 heterocycles. The zero-order chi connectivity index (χ0) is 19.2. The minimum Gasteiger partial charge on any atom is -0.495 e. The van der Waals surface area contributed by atoms with Crippen LogP contribution in [-0.2, 0) is 17.8 Å². The molecule has 6 heteroatoms. The molecule has 3 aromatic rings. The third-order valence-electron chi connectivity index (χ3n) is 4.47. The number of nitrogens with one attached hydrogen (secondary N) is 1. The number of benzene rings is 2. The van der Waals surface area contributed by atoms with Gasteiger partial charge in [0, 0.05) is 18.1 Å². The zero-order valence-corrected chi connectivity index (χ0v) is 15.8. The maximum Gasteiger partial charge on any atom is 0.239 e. The number of ether oxygens (including phenoxy) is 3. The highest BCUT2D eigenvalue weighted by Gasteiger charge is 2.10. The monoisotopic (exact) mass is 368 g/mol. The highest BCUT2D eigenvalue weighted by atomic mass is 16.5. The van der Waals surface area contributed by atoms with E-state index in [1.165, 1.54) is 0 Å². The van der Waals surface area contributed by atoms with E-state index >= 15 is 0 Å². The molecule has 142 valence electrons. The first-order valence-corrected chi connectivity index (χ1v) is 8.75. The Morgan fingerprint density at radius 3 is 2.48 bits per heavy atom. The van der Waals surface area contributed by atoms with Crippen LogP contribution in [0.3, 0.4) is 0 Å². The first-order valence-electron chi connectivity index (χ1n) is 8.75. The lowest BCUT2D eigenvalue weighted by atomic mass is 10.1. The number of aromatic nitrogens is 1. The number of carbonyl (C=O) groups excluding carboxylic acids is 1. The van der Waals surface area contributed by atoms with Gasteiger partial charge < -0.3 is 24.1 Å². The lowest BCUT2D eigenvalue weighted by Crippen LogP contribution is -2.29. The second-order valence-corrected chi connectivity index (χ2v) is 6.13. The molecule has 0 saturated carbocycles. The van der Waals surface area contributed by atoms with Gasteiger partial charge in [0.2, 0.25) is 5.91 Å². The summed E-state index contributed by atoms with van der Waals surface area (Å²) in [5.41, 5.74) is 2.00. The van der Waals surface area contributed by atoms with Crippen LogP contribution in [0.25, 0.3) is 10.9 Å². The second-order valence-electron chi connectivity index (χ2n) is 6.13. The number of amides is 1. The van der Waals surface area contributed by atoms with Gasteiger partial charge in [0.25, 0.3) is 0 Å². The van der Waals surface area contributed by atoms with Gasteiger partial charge in [0.15, 0.2) is 11.5 Å². The Morgan fingerprint density at radius 2 is 1.74 bits per heavy atom. The van der Waals surface area contributed by atoms with Crippen LogP contribution < -0.4 is 19.5 Å².